The molecule has 82 valence electrons. The molecule has 3 nitrogen and oxygen atoms in total. The first-order chi connectivity index (χ1) is 7.72. The molecular weight excluding hydrogens is 207 g/mol. The third-order valence-electron chi connectivity index (χ3n) is 2.27. The van der Waals surface area contributed by atoms with Crippen LogP contribution in [-0.4, -0.2) is 12.1 Å². The minimum Gasteiger partial charge on any atom is -0.496 e. The highest BCUT2D eigenvalue weighted by Crippen LogP contribution is 2.31. The lowest BCUT2D eigenvalue weighted by molar-refractivity contribution is 0.416. The van der Waals surface area contributed by atoms with Crippen molar-refractivity contribution in [3.05, 3.63) is 42.3 Å². The van der Waals surface area contributed by atoms with Crippen LogP contribution in [-0.2, 0) is 0 Å². The van der Waals surface area contributed by atoms with Gasteiger partial charge in [-0.15, -0.1) is 0 Å². The van der Waals surface area contributed by atoms with Gasteiger partial charge in [0, 0.05) is 23.4 Å². The Hall–Kier alpha value is -2.10. The largest absolute Gasteiger partial charge is 0.496 e. The summed E-state index contributed by atoms with van der Waals surface area (Å²) in [6.07, 6.45) is 1.41. The van der Waals surface area contributed by atoms with E-state index in [0.29, 0.717) is 16.9 Å². The Bertz CT molecular complexity index is 514. The molecule has 0 aliphatic carbocycles. The van der Waals surface area contributed by atoms with Crippen LogP contribution >= 0.6 is 0 Å². The van der Waals surface area contributed by atoms with E-state index in [1.165, 1.54) is 12.3 Å². The number of anilines is 1. The maximum atomic E-state index is 13.7. The molecule has 0 aliphatic heterocycles. The first kappa shape index (κ1) is 10.4. The number of nitrogens with zero attached hydrogens (tertiary/aromatic N) is 1. The first-order valence-corrected chi connectivity index (χ1v) is 4.77. The number of aromatic nitrogens is 1. The van der Waals surface area contributed by atoms with Gasteiger partial charge in [-0.1, -0.05) is 18.2 Å². The zero-order valence-electron chi connectivity index (χ0n) is 8.77. The Balaban J connectivity index is 2.58. The summed E-state index contributed by atoms with van der Waals surface area (Å²) in [6, 6.07) is 8.38. The van der Waals surface area contributed by atoms with Crippen molar-refractivity contribution >= 4 is 5.82 Å². The second-order valence-electron chi connectivity index (χ2n) is 3.29. The van der Waals surface area contributed by atoms with Crippen LogP contribution in [0.2, 0.25) is 0 Å². The molecule has 0 fully saturated rings. The number of rotatable bonds is 2. The Labute approximate surface area is 92.7 Å². The second kappa shape index (κ2) is 4.18. The van der Waals surface area contributed by atoms with Crippen LogP contribution in [0, 0.1) is 5.82 Å². The predicted octanol–water partition coefficient (Wildman–Crippen LogP) is 2.48. The fourth-order valence-corrected chi connectivity index (χ4v) is 1.51. The van der Waals surface area contributed by atoms with Crippen molar-refractivity contribution in [2.24, 2.45) is 0 Å². The molecule has 0 aliphatic rings. The van der Waals surface area contributed by atoms with E-state index in [1.54, 1.807) is 19.2 Å². The third-order valence-corrected chi connectivity index (χ3v) is 2.27. The standard InChI is InChI=1S/C12H11FN2O/c1-16-11-5-3-2-4-8(11)9-7-15-12(14)6-10(9)13/h2-7H,1H3,(H2,14,15). The summed E-state index contributed by atoms with van der Waals surface area (Å²) in [5.41, 5.74) is 6.44. The summed E-state index contributed by atoms with van der Waals surface area (Å²) in [7, 11) is 1.54. The molecule has 16 heavy (non-hydrogen) atoms. The average molecular weight is 218 g/mol. The van der Waals surface area contributed by atoms with Crippen molar-refractivity contribution in [1.29, 1.82) is 0 Å². The van der Waals surface area contributed by atoms with Gasteiger partial charge in [0.05, 0.1) is 7.11 Å². The Morgan fingerprint density at radius 1 is 1.25 bits per heavy atom. The first-order valence-electron chi connectivity index (χ1n) is 4.77. The van der Waals surface area contributed by atoms with Gasteiger partial charge < -0.3 is 10.5 Å². The van der Waals surface area contributed by atoms with Crippen LogP contribution in [0.1, 0.15) is 0 Å². The van der Waals surface area contributed by atoms with Crippen molar-refractivity contribution in [3.63, 3.8) is 0 Å². The Kier molecular flexibility index (Phi) is 2.72. The molecule has 2 rings (SSSR count). The van der Waals surface area contributed by atoms with Gasteiger partial charge in [0.25, 0.3) is 0 Å². The van der Waals surface area contributed by atoms with E-state index in [1.807, 2.05) is 12.1 Å². The molecule has 0 saturated heterocycles. The number of benzene rings is 1. The van der Waals surface area contributed by atoms with Crippen molar-refractivity contribution < 1.29 is 9.13 Å². The highest BCUT2D eigenvalue weighted by atomic mass is 19.1. The molecule has 0 atom stereocenters. The second-order valence-corrected chi connectivity index (χ2v) is 3.29. The lowest BCUT2D eigenvalue weighted by Crippen LogP contribution is -1.95. The molecule has 0 amide bonds. The van der Waals surface area contributed by atoms with Gasteiger partial charge in [-0.2, -0.15) is 0 Å². The normalized spacial score (nSPS) is 10.1. The molecule has 0 saturated carbocycles. The molecule has 1 aromatic heterocycles. The molecule has 1 heterocycles. The van der Waals surface area contributed by atoms with Crippen LogP contribution in [0.25, 0.3) is 11.1 Å². The van der Waals surface area contributed by atoms with Crippen LogP contribution in [0.4, 0.5) is 10.2 Å². The summed E-state index contributed by atoms with van der Waals surface area (Å²) in [6.45, 7) is 0. The van der Waals surface area contributed by atoms with E-state index >= 15 is 0 Å². The van der Waals surface area contributed by atoms with Crippen LogP contribution < -0.4 is 10.5 Å². The van der Waals surface area contributed by atoms with Gasteiger partial charge in [-0.05, 0) is 6.07 Å². The number of pyridine rings is 1. The summed E-state index contributed by atoms with van der Waals surface area (Å²) in [5, 5.41) is 0. The van der Waals surface area contributed by atoms with E-state index in [2.05, 4.69) is 4.98 Å². The maximum Gasteiger partial charge on any atom is 0.136 e. The zero-order valence-corrected chi connectivity index (χ0v) is 8.77. The molecule has 0 radical (unpaired) electrons. The van der Waals surface area contributed by atoms with Gasteiger partial charge in [0.1, 0.15) is 17.4 Å². The number of methoxy groups -OCH3 is 1. The molecule has 0 unspecified atom stereocenters. The topological polar surface area (TPSA) is 48.1 Å². The molecular formula is C12H11FN2O. The Morgan fingerprint density at radius 3 is 2.69 bits per heavy atom. The lowest BCUT2D eigenvalue weighted by Gasteiger charge is -2.08. The number of hydrogen-bond donors (Lipinski definition) is 1. The third kappa shape index (κ3) is 1.82. The van der Waals surface area contributed by atoms with Gasteiger partial charge in [0.2, 0.25) is 0 Å². The van der Waals surface area contributed by atoms with Gasteiger partial charge >= 0.3 is 0 Å². The predicted molar refractivity (Wildman–Crippen MR) is 60.6 cm³/mol. The smallest absolute Gasteiger partial charge is 0.136 e. The number of hydrogen-bond acceptors (Lipinski definition) is 3. The van der Waals surface area contributed by atoms with E-state index in [9.17, 15) is 4.39 Å². The number of para-hydroxylation sites is 1. The van der Waals surface area contributed by atoms with Gasteiger partial charge in [0.15, 0.2) is 0 Å². The highest BCUT2D eigenvalue weighted by Gasteiger charge is 2.10. The molecule has 4 heteroatoms. The SMILES string of the molecule is COc1ccccc1-c1cnc(N)cc1F. The number of nitrogen functional groups attached to an aromatic ring is 1. The fourth-order valence-electron chi connectivity index (χ4n) is 1.51. The van der Waals surface area contributed by atoms with Crippen molar-refractivity contribution in [2.75, 3.05) is 12.8 Å². The van der Waals surface area contributed by atoms with E-state index < -0.39 is 5.82 Å². The van der Waals surface area contributed by atoms with E-state index in [0.717, 1.165) is 0 Å². The minimum absolute atomic E-state index is 0.163. The molecule has 1 aromatic carbocycles. The summed E-state index contributed by atoms with van der Waals surface area (Å²) < 4.78 is 18.8. The molecule has 2 aromatic rings. The fraction of sp³-hybridized carbons (Fsp3) is 0.0833. The van der Waals surface area contributed by atoms with Crippen LogP contribution in [0.5, 0.6) is 5.75 Å². The lowest BCUT2D eigenvalue weighted by atomic mass is 10.1. The van der Waals surface area contributed by atoms with Crippen molar-refractivity contribution in [2.45, 2.75) is 0 Å². The van der Waals surface area contributed by atoms with Crippen LogP contribution in [0.15, 0.2) is 36.5 Å². The minimum atomic E-state index is -0.406. The number of ether oxygens (including phenoxy) is 1. The van der Waals surface area contributed by atoms with Crippen molar-refractivity contribution in [1.82, 2.24) is 4.98 Å². The summed E-state index contributed by atoms with van der Waals surface area (Å²) in [5.74, 6) is 0.362. The maximum absolute atomic E-state index is 13.7. The Morgan fingerprint density at radius 2 is 2.00 bits per heavy atom. The summed E-state index contributed by atoms with van der Waals surface area (Å²) >= 11 is 0. The van der Waals surface area contributed by atoms with E-state index in [4.69, 9.17) is 10.5 Å². The average Bonchev–Trinajstić information content (AvgIpc) is 2.29. The monoisotopic (exact) mass is 218 g/mol. The van der Waals surface area contributed by atoms with Crippen LogP contribution in [0.3, 0.4) is 0 Å². The number of halogens is 1. The quantitative estimate of drug-likeness (QED) is 0.842. The van der Waals surface area contributed by atoms with Gasteiger partial charge in [-0.3, -0.25) is 0 Å². The molecule has 0 bridgehead atoms. The van der Waals surface area contributed by atoms with Crippen molar-refractivity contribution in [3.8, 4) is 16.9 Å². The molecule has 2 N–H and O–H groups in total. The van der Waals surface area contributed by atoms with Gasteiger partial charge in [-0.25, -0.2) is 9.37 Å². The molecule has 0 spiro atoms. The zero-order chi connectivity index (χ0) is 11.5. The van der Waals surface area contributed by atoms with E-state index in [-0.39, 0.29) is 5.82 Å². The number of nitrogens with two attached hydrogens (primary N) is 1. The summed E-state index contributed by atoms with van der Waals surface area (Å²) in [4.78, 5) is 3.87. The highest BCUT2D eigenvalue weighted by molar-refractivity contribution is 5.70.